The number of halogens is 3. The molecular formula is C11H5ClF2N2O. The van der Waals surface area contributed by atoms with Crippen molar-refractivity contribution < 1.29 is 13.6 Å². The summed E-state index contributed by atoms with van der Waals surface area (Å²) in [5, 5.41) is 0.0844. The highest BCUT2D eigenvalue weighted by Gasteiger charge is 2.12. The van der Waals surface area contributed by atoms with Gasteiger partial charge in [-0.25, -0.2) is 18.7 Å². The molecule has 0 fully saturated rings. The molecule has 0 saturated heterocycles. The summed E-state index contributed by atoms with van der Waals surface area (Å²) in [6.45, 7) is 0. The normalized spacial score (nSPS) is 10.3. The SMILES string of the molecule is O=Cc1ncc(Cl)c(-c2ccc(F)cc2F)n1. The smallest absolute Gasteiger partial charge is 0.193 e. The Morgan fingerprint density at radius 2 is 2.06 bits per heavy atom. The number of carbonyl (C=O) groups excluding carboxylic acids is 1. The molecule has 0 aliphatic heterocycles. The van der Waals surface area contributed by atoms with Crippen LogP contribution in [0.2, 0.25) is 5.02 Å². The van der Waals surface area contributed by atoms with Gasteiger partial charge in [-0.2, -0.15) is 0 Å². The first kappa shape index (κ1) is 11.6. The molecule has 1 aromatic carbocycles. The van der Waals surface area contributed by atoms with E-state index in [-0.39, 0.29) is 22.1 Å². The van der Waals surface area contributed by atoms with Crippen LogP contribution >= 0.6 is 11.6 Å². The fourth-order valence-corrected chi connectivity index (χ4v) is 1.50. The summed E-state index contributed by atoms with van der Waals surface area (Å²) in [5.74, 6) is -1.62. The van der Waals surface area contributed by atoms with Crippen molar-refractivity contribution in [2.24, 2.45) is 0 Å². The molecule has 0 bridgehead atoms. The number of aldehydes is 1. The van der Waals surface area contributed by atoms with E-state index >= 15 is 0 Å². The number of hydrogen-bond acceptors (Lipinski definition) is 3. The zero-order chi connectivity index (χ0) is 12.4. The van der Waals surface area contributed by atoms with Crippen LogP contribution in [0.4, 0.5) is 8.78 Å². The molecule has 0 unspecified atom stereocenters. The largest absolute Gasteiger partial charge is 0.294 e. The average molecular weight is 255 g/mol. The van der Waals surface area contributed by atoms with Crippen LogP contribution in [0.25, 0.3) is 11.3 Å². The highest BCUT2D eigenvalue weighted by atomic mass is 35.5. The lowest BCUT2D eigenvalue weighted by Crippen LogP contribution is -1.97. The summed E-state index contributed by atoms with van der Waals surface area (Å²) in [6.07, 6.45) is 1.61. The molecule has 6 heteroatoms. The maximum Gasteiger partial charge on any atom is 0.193 e. The first-order chi connectivity index (χ1) is 8.11. The second-order valence-electron chi connectivity index (χ2n) is 3.17. The maximum absolute atomic E-state index is 13.5. The van der Waals surface area contributed by atoms with Gasteiger partial charge >= 0.3 is 0 Å². The van der Waals surface area contributed by atoms with Crippen LogP contribution in [0.3, 0.4) is 0 Å². The van der Waals surface area contributed by atoms with Gasteiger partial charge in [0.1, 0.15) is 11.6 Å². The van der Waals surface area contributed by atoms with Gasteiger partial charge < -0.3 is 0 Å². The fraction of sp³-hybridized carbons (Fsp3) is 0. The fourth-order valence-electron chi connectivity index (χ4n) is 1.31. The quantitative estimate of drug-likeness (QED) is 0.774. The van der Waals surface area contributed by atoms with Crippen LogP contribution in [0, 0.1) is 11.6 Å². The number of benzene rings is 1. The molecular weight excluding hydrogens is 250 g/mol. The van der Waals surface area contributed by atoms with Crippen molar-refractivity contribution in [3.8, 4) is 11.3 Å². The second-order valence-corrected chi connectivity index (χ2v) is 3.57. The highest BCUT2D eigenvalue weighted by molar-refractivity contribution is 6.32. The van der Waals surface area contributed by atoms with Crippen molar-refractivity contribution in [2.45, 2.75) is 0 Å². The molecule has 0 spiro atoms. The van der Waals surface area contributed by atoms with Crippen molar-refractivity contribution in [3.63, 3.8) is 0 Å². The highest BCUT2D eigenvalue weighted by Crippen LogP contribution is 2.27. The van der Waals surface area contributed by atoms with Gasteiger partial charge in [0.15, 0.2) is 12.1 Å². The lowest BCUT2D eigenvalue weighted by Gasteiger charge is -2.05. The van der Waals surface area contributed by atoms with E-state index in [0.29, 0.717) is 12.4 Å². The zero-order valence-corrected chi connectivity index (χ0v) is 9.08. The summed E-state index contributed by atoms with van der Waals surface area (Å²) in [7, 11) is 0. The predicted octanol–water partition coefficient (Wildman–Crippen LogP) is 2.89. The molecule has 0 saturated carbocycles. The topological polar surface area (TPSA) is 42.9 Å². The number of rotatable bonds is 2. The zero-order valence-electron chi connectivity index (χ0n) is 8.32. The second kappa shape index (κ2) is 4.55. The van der Waals surface area contributed by atoms with Crippen LogP contribution in [-0.4, -0.2) is 16.3 Å². The molecule has 2 aromatic rings. The van der Waals surface area contributed by atoms with Gasteiger partial charge in [0.25, 0.3) is 0 Å². The Labute approximate surface area is 100 Å². The molecule has 0 amide bonds. The molecule has 17 heavy (non-hydrogen) atoms. The van der Waals surface area contributed by atoms with Crippen molar-refractivity contribution in [3.05, 3.63) is 46.9 Å². The van der Waals surface area contributed by atoms with E-state index in [2.05, 4.69) is 9.97 Å². The molecule has 1 heterocycles. The van der Waals surface area contributed by atoms with Gasteiger partial charge in [-0.05, 0) is 12.1 Å². The first-order valence-electron chi connectivity index (χ1n) is 4.55. The molecule has 0 aliphatic carbocycles. The summed E-state index contributed by atoms with van der Waals surface area (Å²) < 4.78 is 26.3. The van der Waals surface area contributed by atoms with Gasteiger partial charge in [-0.15, -0.1) is 0 Å². The van der Waals surface area contributed by atoms with E-state index < -0.39 is 11.6 Å². The standard InChI is InChI=1S/C11H5ClF2N2O/c12-8-4-15-10(5-17)16-11(8)7-2-1-6(13)3-9(7)14/h1-5H. The number of nitrogens with zero attached hydrogens (tertiary/aromatic N) is 2. The van der Waals surface area contributed by atoms with Crippen molar-refractivity contribution >= 4 is 17.9 Å². The summed E-state index contributed by atoms with van der Waals surface area (Å²) >= 11 is 5.80. The van der Waals surface area contributed by atoms with Crippen LogP contribution in [0.5, 0.6) is 0 Å². The molecule has 1 aromatic heterocycles. The van der Waals surface area contributed by atoms with Crippen LogP contribution in [0.15, 0.2) is 24.4 Å². The summed E-state index contributed by atoms with van der Waals surface area (Å²) in [6, 6.07) is 3.00. The van der Waals surface area contributed by atoms with E-state index in [0.717, 1.165) is 6.07 Å². The van der Waals surface area contributed by atoms with Crippen LogP contribution < -0.4 is 0 Å². The van der Waals surface area contributed by atoms with E-state index in [1.54, 1.807) is 0 Å². The summed E-state index contributed by atoms with van der Waals surface area (Å²) in [4.78, 5) is 17.9. The minimum absolute atomic E-state index is 0.0156. The van der Waals surface area contributed by atoms with Crippen molar-refractivity contribution in [1.82, 2.24) is 9.97 Å². The Balaban J connectivity index is 2.63. The third-order valence-corrected chi connectivity index (χ3v) is 2.33. The van der Waals surface area contributed by atoms with Crippen molar-refractivity contribution in [1.29, 1.82) is 0 Å². The summed E-state index contributed by atoms with van der Waals surface area (Å²) in [5.41, 5.74) is 0.0724. The Morgan fingerprint density at radius 3 is 2.71 bits per heavy atom. The number of hydrogen-bond donors (Lipinski definition) is 0. The first-order valence-corrected chi connectivity index (χ1v) is 4.93. The average Bonchev–Trinajstić information content (AvgIpc) is 2.30. The molecule has 2 rings (SSSR count). The maximum atomic E-state index is 13.5. The molecule has 0 N–H and O–H groups in total. The minimum Gasteiger partial charge on any atom is -0.294 e. The monoisotopic (exact) mass is 254 g/mol. The van der Waals surface area contributed by atoms with Crippen LogP contribution in [0.1, 0.15) is 10.6 Å². The van der Waals surface area contributed by atoms with Crippen molar-refractivity contribution in [2.75, 3.05) is 0 Å². The van der Waals surface area contributed by atoms with Gasteiger partial charge in [0, 0.05) is 11.6 Å². The lowest BCUT2D eigenvalue weighted by molar-refractivity contribution is 0.111. The third kappa shape index (κ3) is 2.29. The third-order valence-electron chi connectivity index (χ3n) is 2.05. The molecule has 0 aliphatic rings. The Hall–Kier alpha value is -1.88. The molecule has 86 valence electrons. The lowest BCUT2D eigenvalue weighted by atomic mass is 10.1. The number of carbonyl (C=O) groups is 1. The Kier molecular flexibility index (Phi) is 3.10. The molecule has 0 atom stereocenters. The minimum atomic E-state index is -0.803. The van der Waals surface area contributed by atoms with E-state index in [4.69, 9.17) is 11.6 Å². The predicted molar refractivity (Wildman–Crippen MR) is 57.8 cm³/mol. The van der Waals surface area contributed by atoms with Gasteiger partial charge in [0.2, 0.25) is 0 Å². The van der Waals surface area contributed by atoms with E-state index in [9.17, 15) is 13.6 Å². The van der Waals surface area contributed by atoms with Gasteiger partial charge in [0.05, 0.1) is 16.9 Å². The molecule has 3 nitrogen and oxygen atoms in total. The van der Waals surface area contributed by atoms with E-state index in [1.807, 2.05) is 0 Å². The Morgan fingerprint density at radius 1 is 1.29 bits per heavy atom. The van der Waals surface area contributed by atoms with Crippen LogP contribution in [-0.2, 0) is 0 Å². The number of aromatic nitrogens is 2. The van der Waals surface area contributed by atoms with Gasteiger partial charge in [-0.3, -0.25) is 4.79 Å². The molecule has 0 radical (unpaired) electrons. The van der Waals surface area contributed by atoms with E-state index in [1.165, 1.54) is 12.3 Å². The Bertz CT molecular complexity index is 590. The van der Waals surface area contributed by atoms with Gasteiger partial charge in [-0.1, -0.05) is 11.6 Å².